The summed E-state index contributed by atoms with van der Waals surface area (Å²) in [7, 11) is -3.36. The third-order valence-electron chi connectivity index (χ3n) is 2.05. The Morgan fingerprint density at radius 3 is 2.59 bits per heavy atom. The van der Waals surface area contributed by atoms with E-state index in [1.165, 1.54) is 25.1 Å². The minimum Gasteiger partial charge on any atom is -0.434 e. The molecule has 0 fully saturated rings. The van der Waals surface area contributed by atoms with Gasteiger partial charge in [-0.2, -0.15) is 8.78 Å². The number of halogens is 2. The number of para-hydroxylation sites is 1. The standard InChI is InChI=1S/C10H13F2NO3S/c1-2-17(14,15)13-7-8-5-3-4-6-9(8)16-10(11)12/h3-6,10,13H,2,7H2,1H3. The summed E-state index contributed by atoms with van der Waals surface area (Å²) >= 11 is 0. The van der Waals surface area contributed by atoms with Gasteiger partial charge in [-0.3, -0.25) is 0 Å². The van der Waals surface area contributed by atoms with Crippen molar-refractivity contribution in [1.29, 1.82) is 0 Å². The third-order valence-corrected chi connectivity index (χ3v) is 3.40. The molecule has 1 aromatic rings. The molecule has 0 aliphatic rings. The van der Waals surface area contributed by atoms with Gasteiger partial charge in [0.2, 0.25) is 10.0 Å². The summed E-state index contributed by atoms with van der Waals surface area (Å²) in [4.78, 5) is 0. The fourth-order valence-electron chi connectivity index (χ4n) is 1.15. The van der Waals surface area contributed by atoms with Crippen molar-refractivity contribution in [2.45, 2.75) is 20.1 Å². The van der Waals surface area contributed by atoms with E-state index in [0.717, 1.165) is 0 Å². The predicted molar refractivity (Wildman–Crippen MR) is 59.4 cm³/mol. The SMILES string of the molecule is CCS(=O)(=O)NCc1ccccc1OC(F)F. The molecule has 0 radical (unpaired) electrons. The highest BCUT2D eigenvalue weighted by Gasteiger charge is 2.11. The average Bonchev–Trinajstić information content (AvgIpc) is 2.27. The topological polar surface area (TPSA) is 55.4 Å². The molecule has 0 aliphatic heterocycles. The van der Waals surface area contributed by atoms with Crippen molar-refractivity contribution in [2.75, 3.05) is 5.75 Å². The molecule has 0 saturated heterocycles. The Kier molecular flexibility index (Phi) is 4.83. The van der Waals surface area contributed by atoms with Gasteiger partial charge in [0.15, 0.2) is 0 Å². The van der Waals surface area contributed by atoms with E-state index in [-0.39, 0.29) is 18.0 Å². The minimum absolute atomic E-state index is 0.0266. The maximum Gasteiger partial charge on any atom is 0.387 e. The molecular weight excluding hydrogens is 252 g/mol. The Hall–Kier alpha value is -1.21. The zero-order valence-electron chi connectivity index (χ0n) is 9.19. The van der Waals surface area contributed by atoms with E-state index >= 15 is 0 Å². The summed E-state index contributed by atoms with van der Waals surface area (Å²) in [6, 6.07) is 6.04. The van der Waals surface area contributed by atoms with Gasteiger partial charge in [0.1, 0.15) is 5.75 Å². The average molecular weight is 265 g/mol. The first-order chi connectivity index (χ1) is 7.94. The smallest absolute Gasteiger partial charge is 0.387 e. The number of hydrogen-bond donors (Lipinski definition) is 1. The van der Waals surface area contributed by atoms with Gasteiger partial charge in [0, 0.05) is 12.1 Å². The molecule has 0 saturated carbocycles. The Morgan fingerprint density at radius 2 is 2.00 bits per heavy atom. The van der Waals surface area contributed by atoms with E-state index in [4.69, 9.17) is 0 Å². The van der Waals surface area contributed by atoms with Crippen molar-refractivity contribution in [3.05, 3.63) is 29.8 Å². The highest BCUT2D eigenvalue weighted by Crippen LogP contribution is 2.20. The monoisotopic (exact) mass is 265 g/mol. The molecule has 96 valence electrons. The van der Waals surface area contributed by atoms with Gasteiger partial charge >= 0.3 is 6.61 Å². The number of hydrogen-bond acceptors (Lipinski definition) is 3. The largest absolute Gasteiger partial charge is 0.434 e. The second-order valence-corrected chi connectivity index (χ2v) is 5.31. The number of ether oxygens (including phenoxy) is 1. The molecule has 0 amide bonds. The summed E-state index contributed by atoms with van der Waals surface area (Å²) in [5, 5.41) is 0. The zero-order valence-corrected chi connectivity index (χ0v) is 10.0. The molecule has 0 bridgehead atoms. The van der Waals surface area contributed by atoms with Crippen molar-refractivity contribution in [3.8, 4) is 5.75 Å². The maximum atomic E-state index is 12.1. The first-order valence-electron chi connectivity index (χ1n) is 4.94. The third kappa shape index (κ3) is 4.66. The van der Waals surface area contributed by atoms with Crippen LogP contribution in [-0.2, 0) is 16.6 Å². The van der Waals surface area contributed by atoms with Crippen LogP contribution < -0.4 is 9.46 Å². The van der Waals surface area contributed by atoms with Crippen LogP contribution in [0.15, 0.2) is 24.3 Å². The summed E-state index contributed by atoms with van der Waals surface area (Å²) < 4.78 is 53.1. The lowest BCUT2D eigenvalue weighted by molar-refractivity contribution is -0.0504. The zero-order chi connectivity index (χ0) is 12.9. The quantitative estimate of drug-likeness (QED) is 0.852. The van der Waals surface area contributed by atoms with Gasteiger partial charge in [0.05, 0.1) is 5.75 Å². The molecule has 0 aromatic heterocycles. The lowest BCUT2D eigenvalue weighted by Gasteiger charge is -2.10. The Labute approximate surface area is 98.6 Å². The minimum atomic E-state index is -3.36. The van der Waals surface area contributed by atoms with Crippen LogP contribution in [0.25, 0.3) is 0 Å². The number of sulfonamides is 1. The van der Waals surface area contributed by atoms with Crippen LogP contribution in [0.2, 0.25) is 0 Å². The van der Waals surface area contributed by atoms with Crippen LogP contribution in [-0.4, -0.2) is 20.8 Å². The van der Waals surface area contributed by atoms with Crippen LogP contribution >= 0.6 is 0 Å². The summed E-state index contributed by atoms with van der Waals surface area (Å²) in [6.45, 7) is -1.51. The second kappa shape index (κ2) is 5.92. The van der Waals surface area contributed by atoms with Crippen LogP contribution in [0.3, 0.4) is 0 Å². The molecule has 4 nitrogen and oxygen atoms in total. The number of alkyl halides is 2. The Bertz CT molecular complexity index is 462. The highest BCUT2D eigenvalue weighted by molar-refractivity contribution is 7.89. The molecular formula is C10H13F2NO3S. The van der Waals surface area contributed by atoms with Gasteiger partial charge in [-0.05, 0) is 13.0 Å². The van der Waals surface area contributed by atoms with E-state index in [1.807, 2.05) is 0 Å². The highest BCUT2D eigenvalue weighted by atomic mass is 32.2. The molecule has 0 unspecified atom stereocenters. The molecule has 0 atom stereocenters. The predicted octanol–water partition coefficient (Wildman–Crippen LogP) is 1.73. The molecule has 1 rings (SSSR count). The van der Waals surface area contributed by atoms with Crippen LogP contribution in [0.1, 0.15) is 12.5 Å². The molecule has 1 aromatic carbocycles. The second-order valence-electron chi connectivity index (χ2n) is 3.21. The molecule has 7 heteroatoms. The van der Waals surface area contributed by atoms with Gasteiger partial charge in [-0.1, -0.05) is 18.2 Å². The molecule has 0 heterocycles. The van der Waals surface area contributed by atoms with Crippen LogP contribution in [0.5, 0.6) is 5.75 Å². The van der Waals surface area contributed by atoms with Crippen molar-refractivity contribution in [2.24, 2.45) is 0 Å². The maximum absolute atomic E-state index is 12.1. The first-order valence-corrected chi connectivity index (χ1v) is 6.60. The van der Waals surface area contributed by atoms with Gasteiger partial charge in [-0.25, -0.2) is 13.1 Å². The van der Waals surface area contributed by atoms with Crippen molar-refractivity contribution < 1.29 is 21.9 Å². The summed E-state index contributed by atoms with van der Waals surface area (Å²) in [6.07, 6.45) is 0. The fraction of sp³-hybridized carbons (Fsp3) is 0.400. The van der Waals surface area contributed by atoms with E-state index in [1.54, 1.807) is 6.07 Å². The fourth-order valence-corrected chi connectivity index (χ4v) is 1.73. The number of nitrogens with one attached hydrogen (secondary N) is 1. The van der Waals surface area contributed by atoms with Crippen molar-refractivity contribution in [1.82, 2.24) is 4.72 Å². The molecule has 1 N–H and O–H groups in total. The van der Waals surface area contributed by atoms with E-state index in [9.17, 15) is 17.2 Å². The summed E-state index contributed by atoms with van der Waals surface area (Å²) in [5.74, 6) is -0.0912. The summed E-state index contributed by atoms with van der Waals surface area (Å²) in [5.41, 5.74) is 0.366. The normalized spacial score (nSPS) is 11.8. The van der Waals surface area contributed by atoms with Gasteiger partial charge in [0.25, 0.3) is 0 Å². The van der Waals surface area contributed by atoms with Gasteiger partial charge < -0.3 is 4.74 Å². The lowest BCUT2D eigenvalue weighted by Crippen LogP contribution is -2.25. The van der Waals surface area contributed by atoms with Crippen molar-refractivity contribution in [3.63, 3.8) is 0 Å². The Balaban J connectivity index is 2.77. The first kappa shape index (κ1) is 13.9. The van der Waals surface area contributed by atoms with Crippen molar-refractivity contribution >= 4 is 10.0 Å². The van der Waals surface area contributed by atoms with Crippen LogP contribution in [0, 0.1) is 0 Å². The molecule has 17 heavy (non-hydrogen) atoms. The Morgan fingerprint density at radius 1 is 1.35 bits per heavy atom. The lowest BCUT2D eigenvalue weighted by atomic mass is 10.2. The molecule has 0 aliphatic carbocycles. The van der Waals surface area contributed by atoms with Gasteiger partial charge in [-0.15, -0.1) is 0 Å². The van der Waals surface area contributed by atoms with E-state index in [2.05, 4.69) is 9.46 Å². The van der Waals surface area contributed by atoms with E-state index < -0.39 is 16.6 Å². The molecule has 0 spiro atoms. The van der Waals surface area contributed by atoms with E-state index in [0.29, 0.717) is 5.56 Å². The number of benzene rings is 1. The number of rotatable bonds is 6. The van der Waals surface area contributed by atoms with Crippen LogP contribution in [0.4, 0.5) is 8.78 Å².